The third-order valence-corrected chi connectivity index (χ3v) is 12.0. The quantitative estimate of drug-likeness (QED) is 0.251. The highest BCUT2D eigenvalue weighted by Crippen LogP contribution is 2.61. The third kappa shape index (κ3) is 6.64. The van der Waals surface area contributed by atoms with Gasteiger partial charge in [0.15, 0.2) is 5.96 Å². The van der Waals surface area contributed by atoms with Crippen molar-refractivity contribution in [2.75, 3.05) is 63.3 Å². The van der Waals surface area contributed by atoms with Crippen molar-refractivity contribution in [1.29, 1.82) is 0 Å². The Kier molecular flexibility index (Phi) is 9.58. The Morgan fingerprint density at radius 3 is 2.69 bits per heavy atom. The molecule has 11 heteroatoms. The van der Waals surface area contributed by atoms with E-state index < -0.39 is 0 Å². The lowest BCUT2D eigenvalue weighted by Crippen LogP contribution is -2.57. The number of rotatable bonds is 8. The van der Waals surface area contributed by atoms with Crippen LogP contribution in [0.3, 0.4) is 0 Å². The predicted molar refractivity (Wildman–Crippen MR) is 193 cm³/mol. The SMILES string of the molecule is CC[C@H]1CN(C(=N[C@H]2C[C@H]3C[C@@H]([C@@H]2C)C3(C)C)Nc2ccc3c(=O)n(CCc4ccc(OC)cc4F)c(N4CCOCC4)nc3c2)CCN1. The van der Waals surface area contributed by atoms with Gasteiger partial charge in [0, 0.05) is 57.1 Å². The van der Waals surface area contributed by atoms with Crippen molar-refractivity contribution in [2.24, 2.45) is 28.2 Å². The van der Waals surface area contributed by atoms with Gasteiger partial charge in [0.05, 0.1) is 37.3 Å². The molecule has 3 aliphatic carbocycles. The molecular weight excluding hydrogens is 621 g/mol. The minimum Gasteiger partial charge on any atom is -0.497 e. The van der Waals surface area contributed by atoms with Gasteiger partial charge in [-0.2, -0.15) is 0 Å². The van der Waals surface area contributed by atoms with Gasteiger partial charge >= 0.3 is 0 Å². The van der Waals surface area contributed by atoms with Crippen LogP contribution in [-0.4, -0.2) is 85.5 Å². The first-order chi connectivity index (χ1) is 23.7. The van der Waals surface area contributed by atoms with E-state index in [1.54, 1.807) is 16.7 Å². The van der Waals surface area contributed by atoms with Crippen LogP contribution in [0.2, 0.25) is 0 Å². The molecule has 0 unspecified atom stereocenters. The summed E-state index contributed by atoms with van der Waals surface area (Å²) in [6, 6.07) is 11.4. The number of fused-ring (bicyclic) bond motifs is 3. The van der Waals surface area contributed by atoms with Crippen molar-refractivity contribution < 1.29 is 13.9 Å². The molecule has 10 nitrogen and oxygen atoms in total. The third-order valence-electron chi connectivity index (χ3n) is 12.0. The maximum Gasteiger partial charge on any atom is 0.262 e. The molecule has 0 amide bonds. The van der Waals surface area contributed by atoms with Crippen LogP contribution in [-0.2, 0) is 17.7 Å². The lowest BCUT2D eigenvalue weighted by atomic mass is 9.45. The number of hydrogen-bond donors (Lipinski definition) is 2. The Morgan fingerprint density at radius 2 is 1.98 bits per heavy atom. The topological polar surface area (TPSA) is 96.2 Å². The number of anilines is 2. The fourth-order valence-electron chi connectivity index (χ4n) is 8.65. The van der Waals surface area contributed by atoms with Crippen LogP contribution in [0.5, 0.6) is 5.75 Å². The molecule has 3 saturated carbocycles. The molecular formula is C38H52FN7O3. The molecule has 49 heavy (non-hydrogen) atoms. The summed E-state index contributed by atoms with van der Waals surface area (Å²) in [5.41, 5.74) is 2.29. The number of methoxy groups -OCH3 is 1. The Bertz CT molecular complexity index is 1750. The molecule has 1 aromatic heterocycles. The zero-order valence-corrected chi connectivity index (χ0v) is 29.7. The van der Waals surface area contributed by atoms with E-state index in [1.165, 1.54) is 19.6 Å². The van der Waals surface area contributed by atoms with Crippen molar-refractivity contribution in [3.63, 3.8) is 0 Å². The lowest BCUT2D eigenvalue weighted by Gasteiger charge is -2.61. The predicted octanol–water partition coefficient (Wildman–Crippen LogP) is 5.15. The van der Waals surface area contributed by atoms with Crippen LogP contribution in [0.15, 0.2) is 46.2 Å². The van der Waals surface area contributed by atoms with Crippen LogP contribution < -0.4 is 25.8 Å². The smallest absolute Gasteiger partial charge is 0.262 e. The van der Waals surface area contributed by atoms with Gasteiger partial charge in [0.1, 0.15) is 11.6 Å². The first kappa shape index (κ1) is 33.8. The van der Waals surface area contributed by atoms with Gasteiger partial charge in [0.25, 0.3) is 5.56 Å². The van der Waals surface area contributed by atoms with Gasteiger partial charge in [-0.3, -0.25) is 9.36 Å². The molecule has 2 saturated heterocycles. The number of aromatic nitrogens is 2. The summed E-state index contributed by atoms with van der Waals surface area (Å²) in [4.78, 5) is 29.2. The minimum atomic E-state index is -0.347. The molecule has 3 heterocycles. The van der Waals surface area contributed by atoms with E-state index in [0.29, 0.717) is 90.7 Å². The highest BCUT2D eigenvalue weighted by atomic mass is 19.1. The fraction of sp³-hybridized carbons (Fsp3) is 0.605. The zero-order valence-electron chi connectivity index (χ0n) is 29.7. The molecule has 0 spiro atoms. The summed E-state index contributed by atoms with van der Waals surface area (Å²) in [6.07, 6.45) is 3.86. The van der Waals surface area contributed by atoms with Crippen LogP contribution in [0, 0.1) is 29.0 Å². The Labute approximate surface area is 289 Å². The van der Waals surface area contributed by atoms with E-state index in [0.717, 1.165) is 50.0 Å². The van der Waals surface area contributed by atoms with Gasteiger partial charge in [-0.05, 0) is 78.7 Å². The number of piperazine rings is 1. The van der Waals surface area contributed by atoms with Gasteiger partial charge in [-0.1, -0.05) is 33.8 Å². The summed E-state index contributed by atoms with van der Waals surface area (Å²) in [5.74, 6) is 3.58. The molecule has 2 bridgehead atoms. The summed E-state index contributed by atoms with van der Waals surface area (Å²) in [5, 5.41) is 7.89. The van der Waals surface area contributed by atoms with Crippen LogP contribution in [0.25, 0.3) is 10.9 Å². The van der Waals surface area contributed by atoms with Gasteiger partial charge in [-0.25, -0.2) is 14.4 Å². The van der Waals surface area contributed by atoms with E-state index >= 15 is 0 Å². The van der Waals surface area contributed by atoms with Crippen molar-refractivity contribution in [3.05, 3.63) is 58.1 Å². The molecule has 5 aliphatic rings. The maximum atomic E-state index is 14.9. The molecule has 8 rings (SSSR count). The molecule has 3 aromatic rings. The second-order valence-corrected chi connectivity index (χ2v) is 15.0. The first-order valence-electron chi connectivity index (χ1n) is 18.2. The number of guanidine groups is 1. The van der Waals surface area contributed by atoms with E-state index in [2.05, 4.69) is 48.1 Å². The standard InChI is InChI=1S/C38H52FN7O3/c1-6-27-23-45(14-12-40-27)36(42-33-20-26-19-31(24(33)2)38(26,3)4)41-28-8-10-30-34(21-28)43-37(44-15-17-49-18-16-44)46(35(30)47)13-11-25-7-9-29(48-5)22-32(25)39/h7-10,21-22,24,26-27,31,33,40H,6,11-20,23H2,1-5H3,(H,41,42)/t24-,26+,27-,31-,33-/m0/s1. The Morgan fingerprint density at radius 1 is 1.16 bits per heavy atom. The number of nitrogens with zero attached hydrogens (tertiary/aromatic N) is 5. The number of ether oxygens (including phenoxy) is 2. The number of benzene rings is 2. The number of halogens is 1. The molecule has 5 fully saturated rings. The van der Waals surface area contributed by atoms with Crippen LogP contribution in [0.1, 0.15) is 52.5 Å². The summed E-state index contributed by atoms with van der Waals surface area (Å²) in [6.45, 7) is 14.9. The second kappa shape index (κ2) is 13.9. The summed E-state index contributed by atoms with van der Waals surface area (Å²) in [7, 11) is 1.52. The largest absolute Gasteiger partial charge is 0.497 e. The Hall–Kier alpha value is -3.70. The van der Waals surface area contributed by atoms with Crippen molar-refractivity contribution in [1.82, 2.24) is 19.8 Å². The number of aliphatic imine (C=N–C) groups is 1. The molecule has 2 aliphatic heterocycles. The van der Waals surface area contributed by atoms with Gasteiger partial charge in [-0.15, -0.1) is 0 Å². The van der Waals surface area contributed by atoms with Gasteiger partial charge < -0.3 is 29.9 Å². The fourth-order valence-corrected chi connectivity index (χ4v) is 8.65. The van der Waals surface area contributed by atoms with Crippen molar-refractivity contribution in [3.8, 4) is 5.75 Å². The monoisotopic (exact) mass is 673 g/mol. The van der Waals surface area contributed by atoms with E-state index in [9.17, 15) is 9.18 Å². The molecule has 2 N–H and O–H groups in total. The average molecular weight is 674 g/mol. The van der Waals surface area contributed by atoms with Crippen LogP contribution in [0.4, 0.5) is 16.0 Å². The maximum absolute atomic E-state index is 14.9. The van der Waals surface area contributed by atoms with Crippen molar-refractivity contribution >= 4 is 28.5 Å². The number of hydrogen-bond acceptors (Lipinski definition) is 7. The van der Waals surface area contributed by atoms with Gasteiger partial charge in [0.2, 0.25) is 5.95 Å². The molecule has 2 aromatic carbocycles. The number of morpholine rings is 1. The lowest BCUT2D eigenvalue weighted by molar-refractivity contribution is -0.108. The van der Waals surface area contributed by atoms with Crippen molar-refractivity contribution in [2.45, 2.75) is 72.0 Å². The normalized spacial score (nSPS) is 26.8. The van der Waals surface area contributed by atoms with E-state index in [4.69, 9.17) is 19.5 Å². The summed E-state index contributed by atoms with van der Waals surface area (Å²) < 4.78 is 27.4. The number of nitrogens with one attached hydrogen (secondary N) is 2. The minimum absolute atomic E-state index is 0.133. The highest BCUT2D eigenvalue weighted by molar-refractivity contribution is 5.96. The highest BCUT2D eigenvalue weighted by Gasteiger charge is 2.56. The van der Waals surface area contributed by atoms with E-state index in [1.807, 2.05) is 18.2 Å². The average Bonchev–Trinajstić information content (AvgIpc) is 3.12. The van der Waals surface area contributed by atoms with E-state index in [-0.39, 0.29) is 17.4 Å². The Balaban J connectivity index is 1.21. The second-order valence-electron chi connectivity index (χ2n) is 15.0. The zero-order chi connectivity index (χ0) is 34.3. The summed E-state index contributed by atoms with van der Waals surface area (Å²) >= 11 is 0. The molecule has 5 atom stereocenters. The van der Waals surface area contributed by atoms with Crippen LogP contribution >= 0.6 is 0 Å². The number of aryl methyl sites for hydroxylation is 1. The molecule has 0 radical (unpaired) electrons. The first-order valence-corrected chi connectivity index (χ1v) is 18.2. The molecule has 264 valence electrons.